The molecule has 0 aliphatic carbocycles. The van der Waals surface area contributed by atoms with Crippen LogP contribution in [-0.2, 0) is 28.6 Å². The van der Waals surface area contributed by atoms with Crippen LogP contribution in [-0.4, -0.2) is 37.2 Å². The second-order valence-corrected chi connectivity index (χ2v) is 23.8. The average Bonchev–Trinajstić information content (AvgIpc) is 3.49. The van der Waals surface area contributed by atoms with Crippen LogP contribution in [0.5, 0.6) is 0 Å². The van der Waals surface area contributed by atoms with Gasteiger partial charge >= 0.3 is 17.9 Å². The SMILES string of the molecule is CC/C=C\C/C=C\C/C=C\C/C=C\C/C=C\CCCCCCCCCCCCCCCCCC(=O)OCC(COC(=O)CCCCCCC)OC(=O)CCCCCCCCCCCCCCCC/C=C\C/C=C\C/C=C\CCCCCCC. The summed E-state index contributed by atoms with van der Waals surface area (Å²) in [5.74, 6) is -0.874. The fraction of sp³-hybridized carbons (Fsp3) is 0.753. The van der Waals surface area contributed by atoms with Crippen molar-refractivity contribution >= 4 is 17.9 Å². The summed E-state index contributed by atoms with van der Waals surface area (Å²) >= 11 is 0. The number of ether oxygens (including phenoxy) is 3. The highest BCUT2D eigenvalue weighted by molar-refractivity contribution is 5.71. The lowest BCUT2D eigenvalue weighted by Crippen LogP contribution is -2.30. The quantitative estimate of drug-likeness (QED) is 0.0261. The summed E-state index contributed by atoms with van der Waals surface area (Å²) in [6.45, 7) is 6.47. The Morgan fingerprint density at radius 2 is 0.470 bits per heavy atom. The number of hydrogen-bond donors (Lipinski definition) is 0. The Kier molecular flexibility index (Phi) is 67.7. The molecular formula is C77H134O6. The third kappa shape index (κ3) is 69.0. The van der Waals surface area contributed by atoms with E-state index in [1.165, 1.54) is 205 Å². The van der Waals surface area contributed by atoms with Crippen molar-refractivity contribution in [2.45, 2.75) is 361 Å². The van der Waals surface area contributed by atoms with Crippen LogP contribution in [0.4, 0.5) is 0 Å². The van der Waals surface area contributed by atoms with Crippen molar-refractivity contribution < 1.29 is 28.6 Å². The van der Waals surface area contributed by atoms with Crippen molar-refractivity contribution in [3.8, 4) is 0 Å². The molecule has 478 valence electrons. The highest BCUT2D eigenvalue weighted by atomic mass is 16.6. The van der Waals surface area contributed by atoms with Crippen molar-refractivity contribution in [2.75, 3.05) is 13.2 Å². The first-order valence-corrected chi connectivity index (χ1v) is 35.7. The Bertz CT molecular complexity index is 1610. The second kappa shape index (κ2) is 70.8. The van der Waals surface area contributed by atoms with E-state index in [1.54, 1.807) is 0 Å². The maximum Gasteiger partial charge on any atom is 0.306 e. The van der Waals surface area contributed by atoms with Gasteiger partial charge in [-0.3, -0.25) is 14.4 Å². The van der Waals surface area contributed by atoms with Gasteiger partial charge in [-0.15, -0.1) is 0 Å². The molecule has 6 nitrogen and oxygen atoms in total. The molecule has 0 aliphatic rings. The zero-order valence-electron chi connectivity index (χ0n) is 54.9. The van der Waals surface area contributed by atoms with Crippen LogP contribution < -0.4 is 0 Å². The molecule has 0 aromatic rings. The molecule has 0 saturated heterocycles. The van der Waals surface area contributed by atoms with E-state index >= 15 is 0 Å². The molecule has 1 unspecified atom stereocenters. The first-order chi connectivity index (χ1) is 41.0. The van der Waals surface area contributed by atoms with Gasteiger partial charge in [0.1, 0.15) is 13.2 Å². The van der Waals surface area contributed by atoms with Gasteiger partial charge in [-0.25, -0.2) is 0 Å². The maximum atomic E-state index is 12.9. The molecule has 0 amide bonds. The molecule has 0 spiro atoms. The van der Waals surface area contributed by atoms with Gasteiger partial charge in [-0.05, 0) is 103 Å². The minimum absolute atomic E-state index is 0.0742. The number of hydrogen-bond acceptors (Lipinski definition) is 6. The van der Waals surface area contributed by atoms with Crippen molar-refractivity contribution in [3.63, 3.8) is 0 Å². The number of allylic oxidation sites excluding steroid dienone is 16. The molecule has 1 atom stereocenters. The highest BCUT2D eigenvalue weighted by Crippen LogP contribution is 2.18. The molecule has 0 rings (SSSR count). The lowest BCUT2D eigenvalue weighted by molar-refractivity contribution is -0.167. The predicted molar refractivity (Wildman–Crippen MR) is 362 cm³/mol. The predicted octanol–water partition coefficient (Wildman–Crippen LogP) is 24.8. The van der Waals surface area contributed by atoms with Gasteiger partial charge in [0.25, 0.3) is 0 Å². The first kappa shape index (κ1) is 79.3. The van der Waals surface area contributed by atoms with Gasteiger partial charge < -0.3 is 14.2 Å². The number of esters is 3. The third-order valence-corrected chi connectivity index (χ3v) is 15.6. The zero-order valence-corrected chi connectivity index (χ0v) is 54.9. The monoisotopic (exact) mass is 1160 g/mol. The molecule has 0 bridgehead atoms. The first-order valence-electron chi connectivity index (χ1n) is 35.7. The summed E-state index contributed by atoms with van der Waals surface area (Å²) in [6, 6.07) is 0. The molecule has 0 saturated carbocycles. The summed E-state index contributed by atoms with van der Waals surface area (Å²) in [5.41, 5.74) is 0. The van der Waals surface area contributed by atoms with Crippen LogP contribution in [0.2, 0.25) is 0 Å². The third-order valence-electron chi connectivity index (χ3n) is 15.6. The normalized spacial score (nSPS) is 12.7. The molecule has 83 heavy (non-hydrogen) atoms. The van der Waals surface area contributed by atoms with Crippen LogP contribution in [0.1, 0.15) is 355 Å². The van der Waals surface area contributed by atoms with Gasteiger partial charge in [0.2, 0.25) is 0 Å². The molecule has 0 N–H and O–H groups in total. The summed E-state index contributed by atoms with van der Waals surface area (Å²) in [5, 5.41) is 0. The van der Waals surface area contributed by atoms with Crippen molar-refractivity contribution in [2.24, 2.45) is 0 Å². The van der Waals surface area contributed by atoms with Crippen LogP contribution in [0.15, 0.2) is 97.2 Å². The van der Waals surface area contributed by atoms with E-state index in [-0.39, 0.29) is 31.1 Å². The zero-order chi connectivity index (χ0) is 59.9. The molecule has 0 aliphatic heterocycles. The van der Waals surface area contributed by atoms with E-state index < -0.39 is 6.10 Å². The molecule has 0 radical (unpaired) electrons. The molecule has 6 heteroatoms. The van der Waals surface area contributed by atoms with Crippen molar-refractivity contribution in [1.82, 2.24) is 0 Å². The minimum atomic E-state index is -0.774. The topological polar surface area (TPSA) is 78.9 Å². The summed E-state index contributed by atoms with van der Waals surface area (Å²) in [4.78, 5) is 38.0. The number of unbranched alkanes of at least 4 members (excludes halogenated alkanes) is 38. The van der Waals surface area contributed by atoms with E-state index in [9.17, 15) is 14.4 Å². The number of carbonyl (C=O) groups is 3. The van der Waals surface area contributed by atoms with E-state index in [0.29, 0.717) is 19.3 Å². The Morgan fingerprint density at radius 1 is 0.253 bits per heavy atom. The number of rotatable bonds is 65. The van der Waals surface area contributed by atoms with Gasteiger partial charge in [0.15, 0.2) is 6.10 Å². The Labute approximate surface area is 515 Å². The Balaban J connectivity index is 3.97. The standard InChI is InChI=1S/C77H134O6/c1-4-7-10-13-15-17-19-21-23-25-27-29-31-33-35-37-38-40-41-43-45-47-49-51-53-55-57-59-61-64-67-70-76(79)82-73-74(72-81-75(78)69-66-63-12-9-6-3)83-77(80)71-68-65-62-60-58-56-54-52-50-48-46-44-42-39-36-34-32-30-28-26-24-22-20-18-16-14-11-8-5-2/h7,10,15,17,20-23,26-29,32-35,74H,4-6,8-9,11-14,16,18-19,24-25,30-31,36-73H2,1-3H3/b10-7-,17-15-,22-20-,23-21-,28-26-,29-27-,34-32-,35-33-. The summed E-state index contributed by atoms with van der Waals surface area (Å²) < 4.78 is 16.8. The Hall–Kier alpha value is -3.67. The van der Waals surface area contributed by atoms with Gasteiger partial charge in [-0.2, -0.15) is 0 Å². The maximum absolute atomic E-state index is 12.9. The molecule has 0 aromatic heterocycles. The van der Waals surface area contributed by atoms with Gasteiger partial charge in [-0.1, -0.05) is 330 Å². The average molecular weight is 1160 g/mol. The largest absolute Gasteiger partial charge is 0.462 e. The summed E-state index contributed by atoms with van der Waals surface area (Å²) in [7, 11) is 0. The van der Waals surface area contributed by atoms with Crippen molar-refractivity contribution in [3.05, 3.63) is 97.2 Å². The molecule has 0 aromatic carbocycles. The molecule has 0 fully saturated rings. The smallest absolute Gasteiger partial charge is 0.306 e. The minimum Gasteiger partial charge on any atom is -0.462 e. The van der Waals surface area contributed by atoms with E-state index in [2.05, 4.69) is 118 Å². The summed E-state index contributed by atoms with van der Waals surface area (Å²) in [6.07, 6.45) is 96.4. The Morgan fingerprint density at radius 3 is 0.735 bits per heavy atom. The van der Waals surface area contributed by atoms with Crippen LogP contribution in [0.3, 0.4) is 0 Å². The van der Waals surface area contributed by atoms with Crippen LogP contribution >= 0.6 is 0 Å². The fourth-order valence-electron chi connectivity index (χ4n) is 10.2. The molecular weight excluding hydrogens is 1020 g/mol. The lowest BCUT2D eigenvalue weighted by Gasteiger charge is -2.18. The van der Waals surface area contributed by atoms with E-state index in [1.807, 2.05) is 0 Å². The second-order valence-electron chi connectivity index (χ2n) is 23.8. The van der Waals surface area contributed by atoms with E-state index in [0.717, 1.165) is 109 Å². The number of carbonyl (C=O) groups excluding carboxylic acids is 3. The molecule has 0 heterocycles. The van der Waals surface area contributed by atoms with E-state index in [4.69, 9.17) is 14.2 Å². The fourth-order valence-corrected chi connectivity index (χ4v) is 10.2. The highest BCUT2D eigenvalue weighted by Gasteiger charge is 2.19. The lowest BCUT2D eigenvalue weighted by atomic mass is 10.0. The van der Waals surface area contributed by atoms with Gasteiger partial charge in [0.05, 0.1) is 0 Å². The van der Waals surface area contributed by atoms with Crippen molar-refractivity contribution in [1.29, 1.82) is 0 Å². The van der Waals surface area contributed by atoms with Crippen LogP contribution in [0, 0.1) is 0 Å². The van der Waals surface area contributed by atoms with Crippen LogP contribution in [0.25, 0.3) is 0 Å². The van der Waals surface area contributed by atoms with Gasteiger partial charge in [0, 0.05) is 19.3 Å².